The van der Waals surface area contributed by atoms with Gasteiger partial charge in [0.2, 0.25) is 5.91 Å². The first-order valence-electron chi connectivity index (χ1n) is 5.05. The number of carbonyl (C=O) groups excluding carboxylic acids is 1. The molecular formula is C10H16N2OS. The number of piperidine rings is 1. The van der Waals surface area contributed by atoms with Gasteiger partial charge in [-0.1, -0.05) is 6.92 Å². The minimum atomic E-state index is -0.201. The van der Waals surface area contributed by atoms with E-state index in [-0.39, 0.29) is 17.1 Å². The Kier molecular flexibility index (Phi) is 4.27. The van der Waals surface area contributed by atoms with Gasteiger partial charge in [-0.25, -0.2) is 0 Å². The van der Waals surface area contributed by atoms with Crippen molar-refractivity contribution in [3.63, 3.8) is 0 Å². The van der Waals surface area contributed by atoms with Crippen molar-refractivity contribution in [3.05, 3.63) is 0 Å². The molecule has 0 spiro atoms. The number of nitrogens with zero attached hydrogens (tertiary/aromatic N) is 2. The molecule has 0 N–H and O–H groups in total. The van der Waals surface area contributed by atoms with E-state index in [9.17, 15) is 4.79 Å². The van der Waals surface area contributed by atoms with Gasteiger partial charge in [0.15, 0.2) is 0 Å². The largest absolute Gasteiger partial charge is 0.340 e. The molecule has 1 saturated heterocycles. The lowest BCUT2D eigenvalue weighted by Crippen LogP contribution is -2.43. The average molecular weight is 212 g/mol. The highest BCUT2D eigenvalue weighted by molar-refractivity contribution is 7.81. The maximum atomic E-state index is 11.7. The second-order valence-electron chi connectivity index (χ2n) is 3.68. The summed E-state index contributed by atoms with van der Waals surface area (Å²) in [4.78, 5) is 13.5. The fraction of sp³-hybridized carbons (Fsp3) is 0.800. The van der Waals surface area contributed by atoms with Gasteiger partial charge in [0.1, 0.15) is 0 Å². The Morgan fingerprint density at radius 3 is 3.07 bits per heavy atom. The third-order valence-corrected chi connectivity index (χ3v) is 3.17. The van der Waals surface area contributed by atoms with Crippen LogP contribution in [0.15, 0.2) is 0 Å². The lowest BCUT2D eigenvalue weighted by atomic mass is 9.99. The first-order chi connectivity index (χ1) is 6.69. The lowest BCUT2D eigenvalue weighted by Gasteiger charge is -2.31. The Bertz CT molecular complexity index is 249. The van der Waals surface area contributed by atoms with E-state index < -0.39 is 0 Å². The predicted octanol–water partition coefficient (Wildman–Crippen LogP) is 1.46. The smallest absolute Gasteiger partial charge is 0.235 e. The maximum Gasteiger partial charge on any atom is 0.235 e. The molecule has 3 nitrogen and oxygen atoms in total. The molecule has 0 saturated carbocycles. The van der Waals surface area contributed by atoms with Crippen molar-refractivity contribution in [3.8, 4) is 6.07 Å². The highest BCUT2D eigenvalue weighted by Crippen LogP contribution is 2.17. The summed E-state index contributed by atoms with van der Waals surface area (Å²) in [5.41, 5.74) is 0. The first-order valence-corrected chi connectivity index (χ1v) is 5.57. The minimum absolute atomic E-state index is 0.0186. The van der Waals surface area contributed by atoms with Gasteiger partial charge in [-0.05, 0) is 19.3 Å². The van der Waals surface area contributed by atoms with Crippen LogP contribution in [-0.2, 0) is 4.79 Å². The zero-order valence-electron chi connectivity index (χ0n) is 8.44. The SMILES string of the molecule is CCC(S)C(=O)N1CCCC(C#N)C1. The maximum absolute atomic E-state index is 11.7. The van der Waals surface area contributed by atoms with Crippen molar-refractivity contribution in [2.75, 3.05) is 13.1 Å². The van der Waals surface area contributed by atoms with Crippen LogP contribution in [0.5, 0.6) is 0 Å². The molecule has 0 aromatic heterocycles. The summed E-state index contributed by atoms with van der Waals surface area (Å²) in [6.07, 6.45) is 2.60. The standard InChI is InChI=1S/C10H16N2OS/c1-2-9(14)10(13)12-5-3-4-8(6-11)7-12/h8-9,14H,2-5,7H2,1H3. The Balaban J connectivity index is 2.52. The van der Waals surface area contributed by atoms with Gasteiger partial charge in [-0.15, -0.1) is 0 Å². The van der Waals surface area contributed by atoms with E-state index in [0.717, 1.165) is 25.8 Å². The molecule has 1 fully saturated rings. The van der Waals surface area contributed by atoms with Gasteiger partial charge >= 0.3 is 0 Å². The van der Waals surface area contributed by atoms with E-state index in [1.807, 2.05) is 6.92 Å². The number of thiol groups is 1. The van der Waals surface area contributed by atoms with Crippen molar-refractivity contribution >= 4 is 18.5 Å². The van der Waals surface area contributed by atoms with Gasteiger partial charge in [-0.3, -0.25) is 4.79 Å². The second-order valence-corrected chi connectivity index (χ2v) is 4.30. The molecule has 2 atom stereocenters. The van der Waals surface area contributed by atoms with E-state index in [1.165, 1.54) is 0 Å². The normalized spacial score (nSPS) is 24.1. The topological polar surface area (TPSA) is 44.1 Å². The van der Waals surface area contributed by atoms with Crippen LogP contribution in [0.2, 0.25) is 0 Å². The average Bonchev–Trinajstić information content (AvgIpc) is 2.27. The van der Waals surface area contributed by atoms with E-state index in [0.29, 0.717) is 6.54 Å². The number of rotatable bonds is 2. The molecule has 2 unspecified atom stereocenters. The third kappa shape index (κ3) is 2.65. The Labute approximate surface area is 90.5 Å². The molecule has 0 aliphatic carbocycles. The molecule has 0 aromatic rings. The Hall–Kier alpha value is -0.690. The third-order valence-electron chi connectivity index (χ3n) is 2.59. The van der Waals surface area contributed by atoms with Crippen LogP contribution in [0.3, 0.4) is 0 Å². The molecule has 1 rings (SSSR count). The number of likely N-dealkylation sites (tertiary alicyclic amines) is 1. The van der Waals surface area contributed by atoms with Crippen LogP contribution < -0.4 is 0 Å². The molecule has 0 aromatic carbocycles. The quantitative estimate of drug-likeness (QED) is 0.704. The number of hydrogen-bond donors (Lipinski definition) is 1. The van der Waals surface area contributed by atoms with Crippen molar-refractivity contribution in [1.29, 1.82) is 5.26 Å². The number of carbonyl (C=O) groups is 1. The number of nitriles is 1. The van der Waals surface area contributed by atoms with Crippen molar-refractivity contribution in [2.45, 2.75) is 31.4 Å². The van der Waals surface area contributed by atoms with Crippen molar-refractivity contribution < 1.29 is 4.79 Å². The molecule has 1 heterocycles. The van der Waals surface area contributed by atoms with Gasteiger partial charge in [0.05, 0.1) is 17.2 Å². The second kappa shape index (κ2) is 5.26. The first kappa shape index (κ1) is 11.4. The molecule has 1 aliphatic rings. The van der Waals surface area contributed by atoms with E-state index in [1.54, 1.807) is 4.90 Å². The highest BCUT2D eigenvalue weighted by atomic mass is 32.1. The molecule has 78 valence electrons. The molecule has 1 amide bonds. The number of amides is 1. The molecule has 4 heteroatoms. The van der Waals surface area contributed by atoms with Crippen LogP contribution in [0.1, 0.15) is 26.2 Å². The summed E-state index contributed by atoms with van der Waals surface area (Å²) >= 11 is 4.22. The summed E-state index contributed by atoms with van der Waals surface area (Å²) in [7, 11) is 0. The molecule has 0 radical (unpaired) electrons. The summed E-state index contributed by atoms with van der Waals surface area (Å²) in [5.74, 6) is 0.0980. The van der Waals surface area contributed by atoms with Gasteiger partial charge in [0.25, 0.3) is 0 Å². The van der Waals surface area contributed by atoms with Crippen LogP contribution in [0.25, 0.3) is 0 Å². The van der Waals surface area contributed by atoms with E-state index in [4.69, 9.17) is 5.26 Å². The van der Waals surface area contributed by atoms with Crippen LogP contribution in [0.4, 0.5) is 0 Å². The summed E-state index contributed by atoms with van der Waals surface area (Å²) < 4.78 is 0. The van der Waals surface area contributed by atoms with E-state index >= 15 is 0 Å². The van der Waals surface area contributed by atoms with Crippen LogP contribution >= 0.6 is 12.6 Å². The zero-order valence-corrected chi connectivity index (χ0v) is 9.33. The van der Waals surface area contributed by atoms with Crippen LogP contribution in [0, 0.1) is 17.2 Å². The van der Waals surface area contributed by atoms with E-state index in [2.05, 4.69) is 18.7 Å². The van der Waals surface area contributed by atoms with Gasteiger partial charge < -0.3 is 4.90 Å². The minimum Gasteiger partial charge on any atom is -0.340 e. The van der Waals surface area contributed by atoms with Crippen molar-refractivity contribution in [2.24, 2.45) is 5.92 Å². The fourth-order valence-electron chi connectivity index (χ4n) is 1.67. The zero-order chi connectivity index (χ0) is 10.6. The predicted molar refractivity (Wildman–Crippen MR) is 58.0 cm³/mol. The molecule has 0 bridgehead atoms. The van der Waals surface area contributed by atoms with Gasteiger partial charge in [0, 0.05) is 13.1 Å². The molecule has 1 aliphatic heterocycles. The highest BCUT2D eigenvalue weighted by Gasteiger charge is 2.26. The summed E-state index contributed by atoms with van der Waals surface area (Å²) in [6, 6.07) is 2.23. The number of hydrogen-bond acceptors (Lipinski definition) is 3. The lowest BCUT2D eigenvalue weighted by molar-refractivity contribution is -0.132. The van der Waals surface area contributed by atoms with Crippen LogP contribution in [-0.4, -0.2) is 29.1 Å². The monoisotopic (exact) mass is 212 g/mol. The van der Waals surface area contributed by atoms with Crippen molar-refractivity contribution in [1.82, 2.24) is 4.90 Å². The summed E-state index contributed by atoms with van der Waals surface area (Å²) in [6.45, 7) is 3.32. The summed E-state index contributed by atoms with van der Waals surface area (Å²) in [5, 5.41) is 8.58. The Morgan fingerprint density at radius 1 is 1.79 bits per heavy atom. The molecular weight excluding hydrogens is 196 g/mol. The Morgan fingerprint density at radius 2 is 2.50 bits per heavy atom. The fourth-order valence-corrected chi connectivity index (χ4v) is 1.83. The molecule has 14 heavy (non-hydrogen) atoms. The van der Waals surface area contributed by atoms with Gasteiger partial charge in [-0.2, -0.15) is 17.9 Å².